The van der Waals surface area contributed by atoms with Gasteiger partial charge >= 0.3 is 5.97 Å². The molecule has 0 radical (unpaired) electrons. The molecule has 2 unspecified atom stereocenters. The first kappa shape index (κ1) is 14.5. The lowest BCUT2D eigenvalue weighted by Gasteiger charge is -2.25. The fourth-order valence-corrected chi connectivity index (χ4v) is 3.66. The molecule has 7 heteroatoms. The second-order valence-electron chi connectivity index (χ2n) is 4.16. The van der Waals surface area contributed by atoms with E-state index in [9.17, 15) is 9.59 Å². The van der Waals surface area contributed by atoms with Crippen molar-refractivity contribution in [1.82, 2.24) is 4.90 Å². The lowest BCUT2D eigenvalue weighted by Crippen LogP contribution is -2.44. The Morgan fingerprint density at radius 1 is 1.32 bits per heavy atom. The lowest BCUT2D eigenvalue weighted by atomic mass is 10.1. The number of carbonyl (C=O) groups is 2. The van der Waals surface area contributed by atoms with Gasteiger partial charge in [0.2, 0.25) is 0 Å². The van der Waals surface area contributed by atoms with Crippen LogP contribution >= 0.6 is 35.0 Å². The number of rotatable bonds is 2. The zero-order chi connectivity index (χ0) is 14.2. The molecule has 1 aliphatic rings. The van der Waals surface area contributed by atoms with Gasteiger partial charge in [-0.2, -0.15) is 0 Å². The van der Waals surface area contributed by atoms with Crippen LogP contribution in [0.1, 0.15) is 17.3 Å². The number of thioether (sulfide) groups is 1. The Labute approximate surface area is 124 Å². The molecule has 4 nitrogen and oxygen atoms in total. The Bertz CT molecular complexity index is 517. The van der Waals surface area contributed by atoms with Crippen molar-refractivity contribution in [3.05, 3.63) is 33.8 Å². The normalized spacial score (nSPS) is 22.6. The Morgan fingerprint density at radius 3 is 2.42 bits per heavy atom. The van der Waals surface area contributed by atoms with Crippen molar-refractivity contribution in [2.24, 2.45) is 0 Å². The zero-order valence-electron chi connectivity index (χ0n) is 9.97. The van der Waals surface area contributed by atoms with Crippen molar-refractivity contribution in [3.63, 3.8) is 0 Å². The number of hydrogen-bond acceptors (Lipinski definition) is 3. The number of carboxylic acids is 1. The number of aliphatic carboxylic acids is 1. The number of benzene rings is 1. The molecule has 0 bridgehead atoms. The van der Waals surface area contributed by atoms with Crippen molar-refractivity contribution in [2.45, 2.75) is 18.3 Å². The molecule has 0 spiro atoms. The summed E-state index contributed by atoms with van der Waals surface area (Å²) in [4.78, 5) is 24.9. The third kappa shape index (κ3) is 2.99. The van der Waals surface area contributed by atoms with Crippen LogP contribution in [0.15, 0.2) is 18.2 Å². The summed E-state index contributed by atoms with van der Waals surface area (Å²) < 4.78 is 0. The third-order valence-electron chi connectivity index (χ3n) is 2.85. The van der Waals surface area contributed by atoms with Crippen LogP contribution in [0.5, 0.6) is 0 Å². The van der Waals surface area contributed by atoms with Gasteiger partial charge < -0.3 is 10.0 Å². The summed E-state index contributed by atoms with van der Waals surface area (Å²) in [6, 6.07) is 3.69. The molecule has 0 aromatic heterocycles. The van der Waals surface area contributed by atoms with Gasteiger partial charge in [-0.05, 0) is 25.1 Å². The van der Waals surface area contributed by atoms with Gasteiger partial charge in [0.05, 0.1) is 5.37 Å². The van der Waals surface area contributed by atoms with Crippen LogP contribution in [0.4, 0.5) is 0 Å². The molecule has 1 aliphatic heterocycles. The number of halogens is 2. The fourth-order valence-electron chi connectivity index (χ4n) is 1.97. The molecule has 2 atom stereocenters. The molecule has 1 N–H and O–H groups in total. The Balaban J connectivity index is 2.34. The van der Waals surface area contributed by atoms with Crippen molar-refractivity contribution >= 4 is 46.8 Å². The summed E-state index contributed by atoms with van der Waals surface area (Å²) in [6.45, 7) is 1.80. The highest BCUT2D eigenvalue weighted by atomic mass is 35.5. The van der Waals surface area contributed by atoms with Crippen LogP contribution in [0.2, 0.25) is 10.0 Å². The largest absolute Gasteiger partial charge is 0.480 e. The molecule has 0 aliphatic carbocycles. The van der Waals surface area contributed by atoms with E-state index in [2.05, 4.69) is 0 Å². The number of carboxylic acid groups (broad SMARTS) is 1. The summed E-state index contributed by atoms with van der Waals surface area (Å²) in [5.41, 5.74) is 0.304. The standard InChI is InChI=1S/C12H11Cl2NO3S/c1-6-15(10(5-19-6)12(17)18)11(16)7-2-8(13)4-9(14)3-7/h2-4,6,10H,5H2,1H3,(H,17,18). The summed E-state index contributed by atoms with van der Waals surface area (Å²) in [5.74, 6) is -0.982. The zero-order valence-corrected chi connectivity index (χ0v) is 12.3. The van der Waals surface area contributed by atoms with Gasteiger partial charge in [-0.25, -0.2) is 4.79 Å². The van der Waals surface area contributed by atoms with Crippen LogP contribution in [-0.2, 0) is 4.79 Å². The van der Waals surface area contributed by atoms with Crippen LogP contribution in [0, 0.1) is 0 Å². The molecule has 1 saturated heterocycles. The van der Waals surface area contributed by atoms with Gasteiger partial charge in [-0.1, -0.05) is 23.2 Å². The second kappa shape index (κ2) is 5.61. The first-order valence-electron chi connectivity index (χ1n) is 5.53. The van der Waals surface area contributed by atoms with Crippen LogP contribution in [-0.4, -0.2) is 39.1 Å². The highest BCUT2D eigenvalue weighted by molar-refractivity contribution is 8.00. The van der Waals surface area contributed by atoms with E-state index >= 15 is 0 Å². The minimum absolute atomic E-state index is 0.189. The SMILES string of the molecule is CC1SCC(C(=O)O)N1C(=O)c1cc(Cl)cc(Cl)c1. The number of nitrogens with zero attached hydrogens (tertiary/aromatic N) is 1. The number of hydrogen-bond donors (Lipinski definition) is 1. The van der Waals surface area contributed by atoms with Gasteiger partial charge in [-0.15, -0.1) is 11.8 Å². The van der Waals surface area contributed by atoms with E-state index in [0.717, 1.165) is 0 Å². The van der Waals surface area contributed by atoms with Crippen LogP contribution in [0.25, 0.3) is 0 Å². The van der Waals surface area contributed by atoms with Gasteiger partial charge in [-0.3, -0.25) is 4.79 Å². The van der Waals surface area contributed by atoms with Crippen molar-refractivity contribution in [2.75, 3.05) is 5.75 Å². The predicted molar refractivity (Wildman–Crippen MR) is 76.0 cm³/mol. The van der Waals surface area contributed by atoms with Gasteiger partial charge in [0.25, 0.3) is 5.91 Å². The molecule has 1 aromatic rings. The summed E-state index contributed by atoms with van der Waals surface area (Å²) in [6.07, 6.45) is 0. The molecule has 1 amide bonds. The smallest absolute Gasteiger partial charge is 0.327 e. The predicted octanol–water partition coefficient (Wildman–Crippen LogP) is 2.98. The van der Waals surface area contributed by atoms with Crippen molar-refractivity contribution in [3.8, 4) is 0 Å². The van der Waals surface area contributed by atoms with Crippen molar-refractivity contribution in [1.29, 1.82) is 0 Å². The minimum atomic E-state index is -1.00. The first-order valence-corrected chi connectivity index (χ1v) is 7.34. The lowest BCUT2D eigenvalue weighted by molar-refractivity contribution is -0.141. The fraction of sp³-hybridized carbons (Fsp3) is 0.333. The average molecular weight is 320 g/mol. The molecular formula is C12H11Cl2NO3S. The average Bonchev–Trinajstić information content (AvgIpc) is 2.69. The number of amides is 1. The maximum atomic E-state index is 12.4. The third-order valence-corrected chi connectivity index (χ3v) is 4.51. The Kier molecular flexibility index (Phi) is 4.28. The molecule has 1 aromatic carbocycles. The monoisotopic (exact) mass is 319 g/mol. The van der Waals surface area contributed by atoms with Gasteiger partial charge in [0.1, 0.15) is 6.04 Å². The summed E-state index contributed by atoms with van der Waals surface area (Å²) >= 11 is 13.2. The molecule has 19 heavy (non-hydrogen) atoms. The Hall–Kier alpha value is -0.910. The summed E-state index contributed by atoms with van der Waals surface area (Å²) in [7, 11) is 0. The molecule has 0 saturated carbocycles. The van der Waals surface area contributed by atoms with E-state index in [0.29, 0.717) is 21.4 Å². The molecular weight excluding hydrogens is 309 g/mol. The second-order valence-corrected chi connectivity index (χ2v) is 6.38. The quantitative estimate of drug-likeness (QED) is 0.910. The van der Waals surface area contributed by atoms with Crippen molar-refractivity contribution < 1.29 is 14.7 Å². The van der Waals surface area contributed by atoms with E-state index in [4.69, 9.17) is 28.3 Å². The highest BCUT2D eigenvalue weighted by Crippen LogP contribution is 2.31. The molecule has 1 heterocycles. The van der Waals surface area contributed by atoms with Gasteiger partial charge in [0, 0.05) is 21.4 Å². The topological polar surface area (TPSA) is 57.6 Å². The molecule has 102 valence electrons. The molecule has 1 fully saturated rings. The van der Waals surface area contributed by atoms with E-state index in [1.54, 1.807) is 6.92 Å². The van der Waals surface area contributed by atoms with E-state index in [1.807, 2.05) is 0 Å². The van der Waals surface area contributed by atoms with E-state index < -0.39 is 12.0 Å². The van der Waals surface area contributed by atoms with Gasteiger partial charge in [0.15, 0.2) is 0 Å². The molecule has 2 rings (SSSR count). The highest BCUT2D eigenvalue weighted by Gasteiger charge is 2.39. The summed E-state index contributed by atoms with van der Waals surface area (Å²) in [5, 5.41) is 9.66. The van der Waals surface area contributed by atoms with Crippen LogP contribution in [0.3, 0.4) is 0 Å². The maximum absolute atomic E-state index is 12.4. The number of carbonyl (C=O) groups excluding carboxylic acids is 1. The Morgan fingerprint density at radius 2 is 1.89 bits per heavy atom. The first-order chi connectivity index (χ1) is 8.90. The minimum Gasteiger partial charge on any atom is -0.480 e. The maximum Gasteiger partial charge on any atom is 0.327 e. The van der Waals surface area contributed by atoms with E-state index in [1.165, 1.54) is 34.9 Å². The van der Waals surface area contributed by atoms with E-state index in [-0.39, 0.29) is 11.3 Å². The van der Waals surface area contributed by atoms with Crippen LogP contribution < -0.4 is 0 Å².